The van der Waals surface area contributed by atoms with Crippen LogP contribution in [0.4, 0.5) is 0 Å². The maximum Gasteiger partial charge on any atom is 0.0390 e. The van der Waals surface area contributed by atoms with E-state index < -0.39 is 0 Å². The predicted octanol–water partition coefficient (Wildman–Crippen LogP) is 6.80. The molecule has 0 nitrogen and oxygen atoms in total. The monoisotopic (exact) mass is 310 g/mol. The van der Waals surface area contributed by atoms with Gasteiger partial charge in [-0.25, -0.2) is 0 Å². The zero-order valence-electron chi connectivity index (χ0n) is 14.7. The van der Waals surface area contributed by atoms with Gasteiger partial charge in [-0.15, -0.1) is 11.3 Å². The molecule has 2 aromatic carbocycles. The van der Waals surface area contributed by atoms with Gasteiger partial charge in [-0.05, 0) is 73.9 Å². The zero-order chi connectivity index (χ0) is 16.0. The van der Waals surface area contributed by atoms with Crippen LogP contribution in [-0.2, 0) is 12.8 Å². The smallest absolute Gasteiger partial charge is 0.0390 e. The van der Waals surface area contributed by atoms with Crippen molar-refractivity contribution < 1.29 is 0 Å². The number of rotatable bonds is 3. The van der Waals surface area contributed by atoms with Crippen LogP contribution in [0.3, 0.4) is 0 Å². The summed E-state index contributed by atoms with van der Waals surface area (Å²) in [6.45, 7) is 13.7. The van der Waals surface area contributed by atoms with E-state index in [0.717, 1.165) is 6.42 Å². The van der Waals surface area contributed by atoms with E-state index in [1.54, 1.807) is 16.5 Å². The number of aryl methyl sites for hydroxylation is 4. The second-order valence-electron chi connectivity index (χ2n) is 6.50. The molecule has 0 bridgehead atoms. The molecule has 3 rings (SSSR count). The molecule has 116 valence electrons. The Bertz CT molecular complexity index is 865. The van der Waals surface area contributed by atoms with Gasteiger partial charge in [0.2, 0.25) is 0 Å². The molecule has 0 unspecified atom stereocenters. The first-order valence-electron chi connectivity index (χ1n) is 8.44. The SMILES string of the molecule is CCCc1c(CC)c(C)c(C)c2sc3c(C)c(C)ccc3c12. The Hall–Kier alpha value is -1.34. The van der Waals surface area contributed by atoms with Crippen LogP contribution in [0.2, 0.25) is 0 Å². The quantitative estimate of drug-likeness (QED) is 0.499. The zero-order valence-corrected chi connectivity index (χ0v) is 15.5. The van der Waals surface area contributed by atoms with Crippen molar-refractivity contribution in [3.63, 3.8) is 0 Å². The minimum atomic E-state index is 1.14. The van der Waals surface area contributed by atoms with E-state index in [0.29, 0.717) is 0 Å². The third kappa shape index (κ3) is 2.10. The van der Waals surface area contributed by atoms with Crippen LogP contribution in [0.25, 0.3) is 20.2 Å². The molecule has 22 heavy (non-hydrogen) atoms. The molecule has 0 saturated heterocycles. The van der Waals surface area contributed by atoms with Gasteiger partial charge in [0.05, 0.1) is 0 Å². The summed E-state index contributed by atoms with van der Waals surface area (Å²) in [5, 5.41) is 3.02. The Balaban J connectivity index is 2.57. The molecule has 1 heteroatoms. The second-order valence-corrected chi connectivity index (χ2v) is 7.52. The highest BCUT2D eigenvalue weighted by atomic mass is 32.1. The lowest BCUT2D eigenvalue weighted by molar-refractivity contribution is 0.903. The Labute approximate surface area is 138 Å². The molecule has 1 aromatic heterocycles. The van der Waals surface area contributed by atoms with Gasteiger partial charge < -0.3 is 0 Å². The summed E-state index contributed by atoms with van der Waals surface area (Å²) in [6, 6.07) is 4.64. The molecule has 1 heterocycles. The van der Waals surface area contributed by atoms with Crippen LogP contribution >= 0.6 is 11.3 Å². The fourth-order valence-electron chi connectivity index (χ4n) is 3.74. The van der Waals surface area contributed by atoms with Gasteiger partial charge in [0.15, 0.2) is 0 Å². The molecule has 0 amide bonds. The summed E-state index contributed by atoms with van der Waals surface area (Å²) in [7, 11) is 0. The van der Waals surface area contributed by atoms with Gasteiger partial charge in [0, 0.05) is 20.2 Å². The van der Waals surface area contributed by atoms with E-state index in [9.17, 15) is 0 Å². The topological polar surface area (TPSA) is 0 Å². The van der Waals surface area contributed by atoms with Gasteiger partial charge in [-0.2, -0.15) is 0 Å². The van der Waals surface area contributed by atoms with E-state index in [-0.39, 0.29) is 0 Å². The number of hydrogen-bond acceptors (Lipinski definition) is 1. The van der Waals surface area contributed by atoms with E-state index in [4.69, 9.17) is 0 Å². The van der Waals surface area contributed by atoms with Crippen molar-refractivity contribution in [3.05, 3.63) is 45.5 Å². The molecule has 0 fully saturated rings. The minimum absolute atomic E-state index is 1.14. The number of fused-ring (bicyclic) bond motifs is 3. The van der Waals surface area contributed by atoms with E-state index >= 15 is 0 Å². The summed E-state index contributed by atoms with van der Waals surface area (Å²) in [6.07, 6.45) is 3.55. The van der Waals surface area contributed by atoms with Crippen LogP contribution < -0.4 is 0 Å². The van der Waals surface area contributed by atoms with Gasteiger partial charge >= 0.3 is 0 Å². The van der Waals surface area contributed by atoms with Crippen molar-refractivity contribution in [1.29, 1.82) is 0 Å². The molecule has 0 N–H and O–H groups in total. The van der Waals surface area contributed by atoms with E-state index in [1.807, 2.05) is 11.3 Å². The van der Waals surface area contributed by atoms with Gasteiger partial charge in [-0.3, -0.25) is 0 Å². The lowest BCUT2D eigenvalue weighted by Gasteiger charge is -2.16. The second kappa shape index (κ2) is 5.70. The van der Waals surface area contributed by atoms with Crippen LogP contribution in [0.15, 0.2) is 12.1 Å². The number of thiophene rings is 1. The van der Waals surface area contributed by atoms with Crippen molar-refractivity contribution in [1.82, 2.24) is 0 Å². The predicted molar refractivity (Wildman–Crippen MR) is 102 cm³/mol. The summed E-state index contributed by atoms with van der Waals surface area (Å²) in [4.78, 5) is 0. The molecule has 0 aliphatic heterocycles. The van der Waals surface area contributed by atoms with Crippen molar-refractivity contribution in [2.45, 2.75) is 60.8 Å². The van der Waals surface area contributed by atoms with Crippen molar-refractivity contribution >= 4 is 31.5 Å². The Kier molecular flexibility index (Phi) is 4.03. The maximum atomic E-state index is 2.35. The Morgan fingerprint density at radius 1 is 0.818 bits per heavy atom. The van der Waals surface area contributed by atoms with E-state index in [2.05, 4.69) is 53.7 Å². The summed E-state index contributed by atoms with van der Waals surface area (Å²) in [5.74, 6) is 0. The highest BCUT2D eigenvalue weighted by Crippen LogP contribution is 2.43. The molecule has 0 saturated carbocycles. The standard InChI is InChI=1S/C21H26S/c1-7-9-17-16(8-2)14(5)15(6)21-19(17)18-11-10-12(3)13(4)20(18)22-21/h10-11H,7-9H2,1-6H3. The summed E-state index contributed by atoms with van der Waals surface area (Å²) >= 11 is 2.00. The van der Waals surface area contributed by atoms with Crippen LogP contribution in [0, 0.1) is 27.7 Å². The molecule has 0 spiro atoms. The maximum absolute atomic E-state index is 2.35. The first kappa shape index (κ1) is 15.6. The van der Waals surface area contributed by atoms with Gasteiger partial charge in [0.1, 0.15) is 0 Å². The Morgan fingerprint density at radius 3 is 2.18 bits per heavy atom. The van der Waals surface area contributed by atoms with Crippen LogP contribution in [-0.4, -0.2) is 0 Å². The molecular formula is C21H26S. The first-order chi connectivity index (χ1) is 10.5. The highest BCUT2D eigenvalue weighted by Gasteiger charge is 2.18. The molecule has 0 aliphatic carbocycles. The fraction of sp³-hybridized carbons (Fsp3) is 0.429. The minimum Gasteiger partial charge on any atom is -0.135 e. The lowest BCUT2D eigenvalue weighted by Crippen LogP contribution is -1.99. The normalized spacial score (nSPS) is 11.7. The third-order valence-electron chi connectivity index (χ3n) is 5.25. The third-order valence-corrected chi connectivity index (χ3v) is 6.70. The molecule has 0 radical (unpaired) electrons. The summed E-state index contributed by atoms with van der Waals surface area (Å²) in [5.41, 5.74) is 9.06. The molecule has 3 aromatic rings. The van der Waals surface area contributed by atoms with Crippen molar-refractivity contribution in [3.8, 4) is 0 Å². The molecule has 0 atom stereocenters. The highest BCUT2D eigenvalue weighted by molar-refractivity contribution is 7.26. The largest absolute Gasteiger partial charge is 0.135 e. The average Bonchev–Trinajstić information content (AvgIpc) is 2.89. The summed E-state index contributed by atoms with van der Waals surface area (Å²) < 4.78 is 3.00. The van der Waals surface area contributed by atoms with Crippen LogP contribution in [0.5, 0.6) is 0 Å². The lowest BCUT2D eigenvalue weighted by atomic mass is 9.89. The number of benzene rings is 2. The van der Waals surface area contributed by atoms with Crippen molar-refractivity contribution in [2.75, 3.05) is 0 Å². The van der Waals surface area contributed by atoms with E-state index in [1.165, 1.54) is 49.9 Å². The van der Waals surface area contributed by atoms with Gasteiger partial charge in [-0.1, -0.05) is 32.4 Å². The number of hydrogen-bond donors (Lipinski definition) is 0. The van der Waals surface area contributed by atoms with Gasteiger partial charge in [0.25, 0.3) is 0 Å². The molecule has 0 aliphatic rings. The molecular weight excluding hydrogens is 284 g/mol. The average molecular weight is 311 g/mol. The fourth-order valence-corrected chi connectivity index (χ4v) is 5.18. The Morgan fingerprint density at radius 2 is 1.55 bits per heavy atom. The first-order valence-corrected chi connectivity index (χ1v) is 9.26. The van der Waals surface area contributed by atoms with Crippen LogP contribution in [0.1, 0.15) is 53.6 Å². The van der Waals surface area contributed by atoms with Crippen molar-refractivity contribution in [2.24, 2.45) is 0 Å².